The predicted molar refractivity (Wildman–Crippen MR) is 94.7 cm³/mol. The Labute approximate surface area is 146 Å². The topological polar surface area (TPSA) is 88.5 Å². The zero-order valence-electron chi connectivity index (χ0n) is 14.4. The molecule has 0 saturated carbocycles. The first-order chi connectivity index (χ1) is 12.0. The van der Waals surface area contributed by atoms with Gasteiger partial charge in [-0.1, -0.05) is 19.9 Å². The maximum absolute atomic E-state index is 12.3. The molecule has 2 rings (SSSR count). The molecule has 1 aromatic carbocycles. The number of pyridine rings is 1. The Morgan fingerprint density at radius 1 is 1.12 bits per heavy atom. The van der Waals surface area contributed by atoms with Crippen molar-refractivity contribution < 1.29 is 19.4 Å². The minimum absolute atomic E-state index is 0.0647. The molecule has 0 radical (unpaired) electrons. The summed E-state index contributed by atoms with van der Waals surface area (Å²) in [5.74, 6) is -0.0607. The van der Waals surface area contributed by atoms with E-state index < -0.39 is 11.4 Å². The van der Waals surface area contributed by atoms with Crippen LogP contribution in [-0.4, -0.2) is 22.0 Å². The van der Waals surface area contributed by atoms with Crippen LogP contribution in [0.25, 0.3) is 0 Å². The molecule has 0 fully saturated rings. The number of anilines is 1. The van der Waals surface area contributed by atoms with E-state index in [2.05, 4.69) is 10.3 Å². The molecule has 25 heavy (non-hydrogen) atoms. The highest BCUT2D eigenvalue weighted by atomic mass is 16.5. The molecule has 0 aliphatic carbocycles. The number of benzene rings is 1. The largest absolute Gasteiger partial charge is 0.481 e. The molecule has 0 unspecified atom stereocenters. The highest BCUT2D eigenvalue weighted by Gasteiger charge is 2.37. The number of amides is 1. The molecule has 0 spiro atoms. The van der Waals surface area contributed by atoms with Gasteiger partial charge in [-0.05, 0) is 37.1 Å². The monoisotopic (exact) mass is 342 g/mol. The van der Waals surface area contributed by atoms with Gasteiger partial charge in [0.15, 0.2) is 0 Å². The molecular weight excluding hydrogens is 320 g/mol. The Balaban J connectivity index is 2.06. The first-order valence-corrected chi connectivity index (χ1v) is 8.20. The van der Waals surface area contributed by atoms with Crippen LogP contribution in [-0.2, 0) is 9.59 Å². The average molecular weight is 342 g/mol. The van der Waals surface area contributed by atoms with Crippen molar-refractivity contribution in [1.82, 2.24) is 4.98 Å². The van der Waals surface area contributed by atoms with Crippen molar-refractivity contribution in [3.8, 4) is 11.5 Å². The zero-order valence-corrected chi connectivity index (χ0v) is 14.4. The van der Waals surface area contributed by atoms with Crippen molar-refractivity contribution in [2.45, 2.75) is 33.1 Å². The number of hydrogen-bond acceptors (Lipinski definition) is 4. The van der Waals surface area contributed by atoms with Crippen LogP contribution < -0.4 is 10.1 Å². The van der Waals surface area contributed by atoms with Gasteiger partial charge in [0.25, 0.3) is 0 Å². The van der Waals surface area contributed by atoms with E-state index in [0.29, 0.717) is 30.0 Å². The molecule has 6 nitrogen and oxygen atoms in total. The quantitative estimate of drug-likeness (QED) is 0.754. The summed E-state index contributed by atoms with van der Waals surface area (Å²) in [7, 11) is 0. The highest BCUT2D eigenvalue weighted by molar-refractivity contribution is 5.94. The average Bonchev–Trinajstić information content (AvgIpc) is 2.60. The molecule has 6 heteroatoms. The minimum atomic E-state index is -1.03. The van der Waals surface area contributed by atoms with Crippen LogP contribution >= 0.6 is 0 Å². The van der Waals surface area contributed by atoms with Crippen molar-refractivity contribution in [3.63, 3.8) is 0 Å². The van der Waals surface area contributed by atoms with Crippen molar-refractivity contribution in [2.24, 2.45) is 5.41 Å². The summed E-state index contributed by atoms with van der Waals surface area (Å²) in [6, 6.07) is 10.4. The smallest absolute Gasteiger partial charge is 0.310 e. The third-order valence-corrected chi connectivity index (χ3v) is 4.31. The summed E-state index contributed by atoms with van der Waals surface area (Å²) in [5, 5.41) is 12.2. The number of carbonyl (C=O) groups is 2. The molecule has 2 aromatic rings. The first-order valence-electron chi connectivity index (χ1n) is 8.20. The molecular formula is C19H22N2O4. The number of nitrogens with zero attached hydrogens (tertiary/aromatic N) is 1. The van der Waals surface area contributed by atoms with Crippen LogP contribution in [0.4, 0.5) is 5.69 Å². The summed E-state index contributed by atoms with van der Waals surface area (Å²) in [6.07, 6.45) is 3.99. The van der Waals surface area contributed by atoms with Gasteiger partial charge < -0.3 is 15.2 Å². The van der Waals surface area contributed by atoms with Crippen LogP contribution in [0.15, 0.2) is 48.8 Å². The van der Waals surface area contributed by atoms with E-state index in [4.69, 9.17) is 4.74 Å². The number of rotatable bonds is 8. The molecule has 2 N–H and O–H groups in total. The van der Waals surface area contributed by atoms with Crippen molar-refractivity contribution in [2.75, 3.05) is 5.32 Å². The lowest BCUT2D eigenvalue weighted by Gasteiger charge is -2.25. The van der Waals surface area contributed by atoms with Crippen LogP contribution in [0.2, 0.25) is 0 Å². The Morgan fingerprint density at radius 2 is 1.80 bits per heavy atom. The summed E-state index contributed by atoms with van der Waals surface area (Å²) < 4.78 is 5.70. The van der Waals surface area contributed by atoms with Gasteiger partial charge >= 0.3 is 5.97 Å². The van der Waals surface area contributed by atoms with Crippen molar-refractivity contribution in [3.05, 3.63) is 48.8 Å². The van der Waals surface area contributed by atoms with E-state index in [1.165, 1.54) is 0 Å². The third kappa shape index (κ3) is 4.79. The van der Waals surface area contributed by atoms with Gasteiger partial charge in [-0.25, -0.2) is 0 Å². The van der Waals surface area contributed by atoms with E-state index >= 15 is 0 Å². The molecule has 0 saturated heterocycles. The molecule has 1 aromatic heterocycles. The lowest BCUT2D eigenvalue weighted by Crippen LogP contribution is -2.34. The Morgan fingerprint density at radius 3 is 2.40 bits per heavy atom. The SMILES string of the molecule is CCC(CC)(CC(=O)Nc1cccc(Oc2ccncc2)c1)C(=O)O. The molecule has 132 valence electrons. The van der Waals surface area contributed by atoms with Crippen LogP contribution in [0.5, 0.6) is 11.5 Å². The van der Waals surface area contributed by atoms with Crippen molar-refractivity contribution in [1.29, 1.82) is 0 Å². The Hall–Kier alpha value is -2.89. The van der Waals surface area contributed by atoms with E-state index in [0.717, 1.165) is 0 Å². The summed E-state index contributed by atoms with van der Waals surface area (Å²) >= 11 is 0. The fourth-order valence-electron chi connectivity index (χ4n) is 2.57. The van der Waals surface area contributed by atoms with Gasteiger partial charge in [0.2, 0.25) is 5.91 Å². The van der Waals surface area contributed by atoms with Crippen LogP contribution in [0.1, 0.15) is 33.1 Å². The second-order valence-corrected chi connectivity index (χ2v) is 5.83. The second kappa shape index (κ2) is 8.28. The number of aromatic nitrogens is 1. The molecule has 1 amide bonds. The van der Waals surface area contributed by atoms with Gasteiger partial charge in [0, 0.05) is 30.6 Å². The number of carboxylic acids is 1. The van der Waals surface area contributed by atoms with Gasteiger partial charge in [0.05, 0.1) is 5.41 Å². The number of carbonyl (C=O) groups excluding carboxylic acids is 1. The lowest BCUT2D eigenvalue weighted by molar-refractivity contribution is -0.151. The van der Waals surface area contributed by atoms with Crippen molar-refractivity contribution >= 4 is 17.6 Å². The third-order valence-electron chi connectivity index (χ3n) is 4.31. The Kier molecular flexibility index (Phi) is 6.11. The maximum Gasteiger partial charge on any atom is 0.310 e. The van der Waals surface area contributed by atoms with Crippen LogP contribution in [0.3, 0.4) is 0 Å². The second-order valence-electron chi connectivity index (χ2n) is 5.83. The van der Waals surface area contributed by atoms with Gasteiger partial charge in [-0.3, -0.25) is 14.6 Å². The summed E-state index contributed by atoms with van der Waals surface area (Å²) in [5.41, 5.74) is -0.474. The first kappa shape index (κ1) is 18.4. The van der Waals surface area contributed by atoms with Crippen LogP contribution in [0, 0.1) is 5.41 Å². The number of carboxylic acid groups (broad SMARTS) is 1. The van der Waals surface area contributed by atoms with Gasteiger partial charge in [0.1, 0.15) is 11.5 Å². The number of ether oxygens (including phenoxy) is 1. The Bertz CT molecular complexity index is 727. The van der Waals surface area contributed by atoms with E-state index in [1.54, 1.807) is 62.6 Å². The minimum Gasteiger partial charge on any atom is -0.481 e. The van der Waals surface area contributed by atoms with E-state index in [1.807, 2.05) is 0 Å². The maximum atomic E-state index is 12.3. The molecule has 1 heterocycles. The molecule has 0 aliphatic rings. The predicted octanol–water partition coefficient (Wildman–Crippen LogP) is 4.09. The van der Waals surface area contributed by atoms with E-state index in [-0.39, 0.29) is 12.3 Å². The standard InChI is InChI=1S/C19H22N2O4/c1-3-19(4-2,18(23)24)13-17(22)21-14-6-5-7-16(12-14)25-15-8-10-20-11-9-15/h5-12H,3-4,13H2,1-2H3,(H,21,22)(H,23,24). The number of hydrogen-bond donors (Lipinski definition) is 2. The van der Waals surface area contributed by atoms with E-state index in [9.17, 15) is 14.7 Å². The highest BCUT2D eigenvalue weighted by Crippen LogP contribution is 2.32. The molecule has 0 atom stereocenters. The molecule has 0 bridgehead atoms. The van der Waals surface area contributed by atoms with Gasteiger partial charge in [-0.2, -0.15) is 0 Å². The lowest BCUT2D eigenvalue weighted by atomic mass is 9.79. The number of nitrogens with one attached hydrogen (secondary N) is 1. The zero-order chi connectivity index (χ0) is 18.3. The summed E-state index contributed by atoms with van der Waals surface area (Å²) in [4.78, 5) is 27.7. The normalized spacial score (nSPS) is 11.0. The fourth-order valence-corrected chi connectivity index (χ4v) is 2.57. The fraction of sp³-hybridized carbons (Fsp3) is 0.316. The molecule has 0 aliphatic heterocycles. The van der Waals surface area contributed by atoms with Gasteiger partial charge in [-0.15, -0.1) is 0 Å². The summed E-state index contributed by atoms with van der Waals surface area (Å²) in [6.45, 7) is 3.57. The number of aliphatic carboxylic acids is 1.